The lowest BCUT2D eigenvalue weighted by Gasteiger charge is -2.20. The molecule has 1 atom stereocenters. The number of aryl methyl sites for hydroxylation is 1. The SMILES string of the molecule is CCc1ccc(-c2noc(C3(CC)CCNC3)n2)cc1. The first-order valence-corrected chi connectivity index (χ1v) is 7.41. The number of nitrogens with zero attached hydrogens (tertiary/aromatic N) is 2. The normalized spacial score (nSPS) is 22.3. The van der Waals surface area contributed by atoms with Crippen molar-refractivity contribution in [2.45, 2.75) is 38.5 Å². The summed E-state index contributed by atoms with van der Waals surface area (Å²) in [5.41, 5.74) is 2.37. The smallest absolute Gasteiger partial charge is 0.234 e. The van der Waals surface area contributed by atoms with E-state index in [4.69, 9.17) is 4.52 Å². The molecule has 0 radical (unpaired) electrons. The molecule has 0 saturated carbocycles. The molecule has 2 heterocycles. The van der Waals surface area contributed by atoms with Crippen LogP contribution in [0.5, 0.6) is 0 Å². The predicted octanol–water partition coefficient (Wildman–Crippen LogP) is 2.94. The van der Waals surface area contributed by atoms with Gasteiger partial charge in [0.25, 0.3) is 0 Å². The van der Waals surface area contributed by atoms with E-state index in [9.17, 15) is 0 Å². The van der Waals surface area contributed by atoms with Crippen molar-refractivity contribution in [2.24, 2.45) is 0 Å². The second kappa shape index (κ2) is 5.37. The maximum atomic E-state index is 5.55. The Bertz CT molecular complexity index is 568. The van der Waals surface area contributed by atoms with Gasteiger partial charge in [-0.3, -0.25) is 0 Å². The van der Waals surface area contributed by atoms with Crippen molar-refractivity contribution in [3.63, 3.8) is 0 Å². The zero-order valence-corrected chi connectivity index (χ0v) is 12.1. The summed E-state index contributed by atoms with van der Waals surface area (Å²) in [7, 11) is 0. The molecule has 1 aliphatic heterocycles. The summed E-state index contributed by atoms with van der Waals surface area (Å²) in [5, 5.41) is 7.56. The summed E-state index contributed by atoms with van der Waals surface area (Å²) in [6.07, 6.45) is 3.14. The fourth-order valence-electron chi connectivity index (χ4n) is 2.82. The Kier molecular flexibility index (Phi) is 3.57. The van der Waals surface area contributed by atoms with Gasteiger partial charge < -0.3 is 9.84 Å². The minimum atomic E-state index is 0.0224. The van der Waals surface area contributed by atoms with Crippen molar-refractivity contribution in [1.82, 2.24) is 15.5 Å². The standard InChI is InChI=1S/C16H21N3O/c1-3-12-5-7-13(8-6-12)14-18-15(20-19-14)16(4-2)9-10-17-11-16/h5-8,17H,3-4,9-11H2,1-2H3. The molecule has 1 aromatic heterocycles. The van der Waals surface area contributed by atoms with Gasteiger partial charge in [0.15, 0.2) is 0 Å². The molecule has 1 fully saturated rings. The van der Waals surface area contributed by atoms with Gasteiger partial charge in [-0.05, 0) is 31.4 Å². The third kappa shape index (κ3) is 2.24. The first-order chi connectivity index (χ1) is 9.77. The molecule has 106 valence electrons. The quantitative estimate of drug-likeness (QED) is 0.929. The van der Waals surface area contributed by atoms with Gasteiger partial charge in [0.2, 0.25) is 11.7 Å². The van der Waals surface area contributed by atoms with Crippen molar-refractivity contribution in [3.8, 4) is 11.4 Å². The molecule has 0 aliphatic carbocycles. The Balaban J connectivity index is 1.89. The van der Waals surface area contributed by atoms with Gasteiger partial charge in [0.05, 0.1) is 5.41 Å². The van der Waals surface area contributed by atoms with Crippen LogP contribution in [0.2, 0.25) is 0 Å². The lowest BCUT2D eigenvalue weighted by molar-refractivity contribution is 0.285. The topological polar surface area (TPSA) is 51.0 Å². The van der Waals surface area contributed by atoms with E-state index in [-0.39, 0.29) is 5.41 Å². The van der Waals surface area contributed by atoms with E-state index < -0.39 is 0 Å². The van der Waals surface area contributed by atoms with Crippen LogP contribution in [0.1, 0.15) is 38.1 Å². The predicted molar refractivity (Wildman–Crippen MR) is 78.6 cm³/mol. The number of hydrogen-bond acceptors (Lipinski definition) is 4. The summed E-state index contributed by atoms with van der Waals surface area (Å²) < 4.78 is 5.55. The van der Waals surface area contributed by atoms with Crippen LogP contribution in [0.4, 0.5) is 0 Å². The molecule has 0 bridgehead atoms. The van der Waals surface area contributed by atoms with Crippen LogP contribution >= 0.6 is 0 Å². The van der Waals surface area contributed by atoms with Gasteiger partial charge in [0.1, 0.15) is 0 Å². The molecule has 4 nitrogen and oxygen atoms in total. The van der Waals surface area contributed by atoms with Crippen LogP contribution in [0.3, 0.4) is 0 Å². The second-order valence-corrected chi connectivity index (χ2v) is 5.53. The van der Waals surface area contributed by atoms with Crippen LogP contribution in [-0.2, 0) is 11.8 Å². The van der Waals surface area contributed by atoms with Crippen LogP contribution in [0.25, 0.3) is 11.4 Å². The lowest BCUT2D eigenvalue weighted by Crippen LogP contribution is -2.28. The van der Waals surface area contributed by atoms with Gasteiger partial charge in [-0.1, -0.05) is 43.3 Å². The monoisotopic (exact) mass is 271 g/mol. The fourth-order valence-corrected chi connectivity index (χ4v) is 2.82. The minimum Gasteiger partial charge on any atom is -0.338 e. The molecule has 1 unspecified atom stereocenters. The Labute approximate surface area is 119 Å². The van der Waals surface area contributed by atoms with E-state index in [2.05, 4.69) is 53.6 Å². The second-order valence-electron chi connectivity index (χ2n) is 5.53. The summed E-state index contributed by atoms with van der Waals surface area (Å²) in [4.78, 5) is 4.64. The third-order valence-electron chi connectivity index (χ3n) is 4.42. The molecule has 20 heavy (non-hydrogen) atoms. The van der Waals surface area contributed by atoms with E-state index in [0.717, 1.165) is 43.8 Å². The van der Waals surface area contributed by atoms with Gasteiger partial charge in [0, 0.05) is 12.1 Å². The molecule has 1 N–H and O–H groups in total. The fraction of sp³-hybridized carbons (Fsp3) is 0.500. The highest BCUT2D eigenvalue weighted by atomic mass is 16.5. The Morgan fingerprint density at radius 1 is 1.25 bits per heavy atom. The van der Waals surface area contributed by atoms with Crippen LogP contribution in [0.15, 0.2) is 28.8 Å². The molecule has 3 rings (SSSR count). The molecule has 0 spiro atoms. The Hall–Kier alpha value is -1.68. The van der Waals surface area contributed by atoms with E-state index in [1.165, 1.54) is 5.56 Å². The number of nitrogens with one attached hydrogen (secondary N) is 1. The molecular formula is C16H21N3O. The molecule has 1 aromatic carbocycles. The van der Waals surface area contributed by atoms with Crippen molar-refractivity contribution in [1.29, 1.82) is 0 Å². The maximum absolute atomic E-state index is 5.55. The van der Waals surface area contributed by atoms with Crippen molar-refractivity contribution in [3.05, 3.63) is 35.7 Å². The molecule has 0 amide bonds. The highest BCUT2D eigenvalue weighted by Gasteiger charge is 2.39. The Morgan fingerprint density at radius 3 is 2.65 bits per heavy atom. The van der Waals surface area contributed by atoms with Gasteiger partial charge in [-0.25, -0.2) is 0 Å². The van der Waals surface area contributed by atoms with Crippen molar-refractivity contribution in [2.75, 3.05) is 13.1 Å². The Morgan fingerprint density at radius 2 is 2.05 bits per heavy atom. The maximum Gasteiger partial charge on any atom is 0.234 e. The largest absolute Gasteiger partial charge is 0.338 e. The molecule has 2 aromatic rings. The average Bonchev–Trinajstić information content (AvgIpc) is 3.17. The van der Waals surface area contributed by atoms with Crippen molar-refractivity contribution >= 4 is 0 Å². The van der Waals surface area contributed by atoms with Crippen LogP contribution in [-0.4, -0.2) is 23.2 Å². The van der Waals surface area contributed by atoms with Crippen molar-refractivity contribution < 1.29 is 4.52 Å². The first kappa shape index (κ1) is 13.3. The van der Waals surface area contributed by atoms with Gasteiger partial charge in [-0.15, -0.1) is 0 Å². The summed E-state index contributed by atoms with van der Waals surface area (Å²) >= 11 is 0. The van der Waals surface area contributed by atoms with Gasteiger partial charge in [-0.2, -0.15) is 4.98 Å². The van der Waals surface area contributed by atoms with Crippen LogP contribution < -0.4 is 5.32 Å². The van der Waals surface area contributed by atoms with E-state index in [1.54, 1.807) is 0 Å². The average molecular weight is 271 g/mol. The summed E-state index contributed by atoms with van der Waals surface area (Å²) in [6.45, 7) is 6.29. The third-order valence-corrected chi connectivity index (χ3v) is 4.42. The molecular weight excluding hydrogens is 250 g/mol. The number of benzene rings is 1. The van der Waals surface area contributed by atoms with E-state index in [0.29, 0.717) is 5.82 Å². The lowest BCUT2D eigenvalue weighted by atomic mass is 9.84. The van der Waals surface area contributed by atoms with E-state index in [1.807, 2.05) is 0 Å². The van der Waals surface area contributed by atoms with Crippen LogP contribution in [0, 0.1) is 0 Å². The summed E-state index contributed by atoms with van der Waals surface area (Å²) in [6, 6.07) is 8.38. The van der Waals surface area contributed by atoms with Gasteiger partial charge >= 0.3 is 0 Å². The number of rotatable bonds is 4. The number of hydrogen-bond donors (Lipinski definition) is 1. The first-order valence-electron chi connectivity index (χ1n) is 7.41. The zero-order valence-electron chi connectivity index (χ0n) is 12.1. The van der Waals surface area contributed by atoms with E-state index >= 15 is 0 Å². The number of aromatic nitrogens is 2. The highest BCUT2D eigenvalue weighted by Crippen LogP contribution is 2.33. The summed E-state index contributed by atoms with van der Waals surface area (Å²) in [5.74, 6) is 1.47. The minimum absolute atomic E-state index is 0.0224. The highest BCUT2D eigenvalue weighted by molar-refractivity contribution is 5.54. The molecule has 4 heteroatoms. The molecule has 1 aliphatic rings. The molecule has 1 saturated heterocycles. The zero-order chi connectivity index (χ0) is 14.0.